The van der Waals surface area contributed by atoms with Gasteiger partial charge in [-0.3, -0.25) is 14.5 Å². The first-order valence-electron chi connectivity index (χ1n) is 10.6. The van der Waals surface area contributed by atoms with E-state index in [0.717, 1.165) is 16.0 Å². The van der Waals surface area contributed by atoms with Gasteiger partial charge < -0.3 is 9.64 Å². The smallest absolute Gasteiger partial charge is 0.274 e. The van der Waals surface area contributed by atoms with E-state index in [9.17, 15) is 18.0 Å². The monoisotopic (exact) mass is 496 g/mol. The van der Waals surface area contributed by atoms with E-state index in [4.69, 9.17) is 16.3 Å². The molecule has 0 N–H and O–H groups in total. The fraction of sp³-hybridized carbons (Fsp3) is 0.200. The predicted octanol–water partition coefficient (Wildman–Crippen LogP) is 3.82. The molecule has 3 aromatic rings. The van der Waals surface area contributed by atoms with Crippen molar-refractivity contribution in [2.45, 2.75) is 18.3 Å². The highest BCUT2D eigenvalue weighted by Crippen LogP contribution is 2.53. The summed E-state index contributed by atoms with van der Waals surface area (Å²) >= 11 is 6.30. The number of methoxy groups -OCH3 is 1. The number of amides is 2. The Balaban J connectivity index is 1.72. The number of aryl methyl sites for hydroxylation is 1. The van der Waals surface area contributed by atoms with E-state index in [-0.39, 0.29) is 22.8 Å². The largest absolute Gasteiger partial charge is 0.495 e. The van der Waals surface area contributed by atoms with Gasteiger partial charge in [0.2, 0.25) is 5.91 Å². The molecule has 1 saturated heterocycles. The van der Waals surface area contributed by atoms with Crippen molar-refractivity contribution < 1.29 is 22.7 Å². The summed E-state index contributed by atoms with van der Waals surface area (Å²) in [5.74, 6) is -1.79. The van der Waals surface area contributed by atoms with Gasteiger partial charge >= 0.3 is 0 Å². The van der Waals surface area contributed by atoms with E-state index in [1.165, 1.54) is 24.1 Å². The predicted molar refractivity (Wildman–Crippen MR) is 130 cm³/mol. The molecule has 2 aliphatic heterocycles. The number of carbonyl (C=O) groups excluding carboxylic acids is 2. The van der Waals surface area contributed by atoms with Crippen LogP contribution in [0.1, 0.15) is 16.7 Å². The second-order valence-electron chi connectivity index (χ2n) is 8.35. The summed E-state index contributed by atoms with van der Waals surface area (Å²) in [6.07, 6.45) is 0. The van der Waals surface area contributed by atoms with Crippen LogP contribution in [0.25, 0.3) is 0 Å². The van der Waals surface area contributed by atoms with Gasteiger partial charge in [-0.1, -0.05) is 59.6 Å². The number of hydrogen-bond acceptors (Lipinski definition) is 5. The van der Waals surface area contributed by atoms with Crippen LogP contribution in [0.2, 0.25) is 5.02 Å². The zero-order valence-electron chi connectivity index (χ0n) is 18.5. The summed E-state index contributed by atoms with van der Waals surface area (Å²) < 4.78 is 32.5. The highest BCUT2D eigenvalue weighted by Gasteiger charge is 2.69. The second kappa shape index (κ2) is 7.85. The van der Waals surface area contributed by atoms with Crippen LogP contribution < -0.4 is 14.5 Å². The molecule has 0 unspecified atom stereocenters. The summed E-state index contributed by atoms with van der Waals surface area (Å²) in [7, 11) is -2.79. The lowest BCUT2D eigenvalue weighted by atomic mass is 10.0. The Morgan fingerprint density at radius 2 is 1.74 bits per heavy atom. The molecule has 2 aliphatic rings. The number of carbonyl (C=O) groups is 2. The van der Waals surface area contributed by atoms with Crippen molar-refractivity contribution in [1.29, 1.82) is 0 Å². The SMILES string of the molecule is COc1ccc(N2C(=O)CS(=O)(=O)[C@@]23C(=O)N(Cc2ccc(C)cc2)c2ccccc23)cc1Cl. The standard InChI is InChI=1S/C25H21ClN2O5S/c1-16-7-9-17(10-8-16)14-27-21-6-4-3-5-19(21)25(24(27)30)28(23(29)15-34(25,31)32)18-11-12-22(33-2)20(26)13-18/h3-13H,14-15H2,1-2H3/t25-/m0/s1. The van der Waals surface area contributed by atoms with Crippen LogP contribution >= 0.6 is 11.6 Å². The molecule has 0 bridgehead atoms. The average Bonchev–Trinajstić information content (AvgIpc) is 3.18. The lowest BCUT2D eigenvalue weighted by Crippen LogP contribution is -2.54. The molecule has 0 radical (unpaired) electrons. The summed E-state index contributed by atoms with van der Waals surface area (Å²) in [4.78, 5) is 27.6. The number of nitrogens with zero attached hydrogens (tertiary/aromatic N) is 2. The quantitative estimate of drug-likeness (QED) is 0.548. The minimum atomic E-state index is -4.25. The van der Waals surface area contributed by atoms with E-state index in [1.54, 1.807) is 30.3 Å². The Morgan fingerprint density at radius 3 is 2.41 bits per heavy atom. The number of para-hydroxylation sites is 1. The molecule has 1 fully saturated rings. The van der Waals surface area contributed by atoms with E-state index >= 15 is 0 Å². The summed E-state index contributed by atoms with van der Waals surface area (Å²) in [6.45, 7) is 2.13. The number of sulfone groups is 1. The van der Waals surface area contributed by atoms with Crippen molar-refractivity contribution in [2.75, 3.05) is 22.7 Å². The van der Waals surface area contributed by atoms with Crippen LogP contribution in [0.3, 0.4) is 0 Å². The van der Waals surface area contributed by atoms with Crippen molar-refractivity contribution in [3.05, 3.63) is 88.4 Å². The molecule has 0 aliphatic carbocycles. The molecule has 5 rings (SSSR count). The fourth-order valence-corrected chi connectivity index (χ4v) is 7.00. The van der Waals surface area contributed by atoms with E-state index in [0.29, 0.717) is 11.4 Å². The number of ether oxygens (including phenoxy) is 1. The highest BCUT2D eigenvalue weighted by atomic mass is 35.5. The lowest BCUT2D eigenvalue weighted by molar-refractivity contribution is -0.123. The van der Waals surface area contributed by atoms with Crippen LogP contribution in [0.15, 0.2) is 66.7 Å². The molecule has 34 heavy (non-hydrogen) atoms. The molecule has 3 aromatic carbocycles. The molecule has 7 nitrogen and oxygen atoms in total. The molecule has 9 heteroatoms. The molecule has 174 valence electrons. The Bertz CT molecular complexity index is 1440. The van der Waals surface area contributed by atoms with Crippen LogP contribution in [0.5, 0.6) is 5.75 Å². The number of rotatable bonds is 4. The van der Waals surface area contributed by atoms with Crippen molar-refractivity contribution in [2.24, 2.45) is 0 Å². The number of benzene rings is 3. The minimum absolute atomic E-state index is 0.165. The molecule has 2 amide bonds. The Hall–Kier alpha value is -3.36. The minimum Gasteiger partial charge on any atom is -0.495 e. The molecule has 0 aromatic heterocycles. The molecular weight excluding hydrogens is 476 g/mol. The van der Waals surface area contributed by atoms with Crippen molar-refractivity contribution >= 4 is 44.6 Å². The first-order valence-corrected chi connectivity index (χ1v) is 12.6. The van der Waals surface area contributed by atoms with Gasteiger partial charge in [-0.15, -0.1) is 0 Å². The first kappa shape index (κ1) is 22.4. The van der Waals surface area contributed by atoms with Crippen molar-refractivity contribution in [1.82, 2.24) is 0 Å². The Morgan fingerprint density at radius 1 is 1.03 bits per heavy atom. The second-order valence-corrected chi connectivity index (χ2v) is 10.9. The number of hydrogen-bond donors (Lipinski definition) is 0. The summed E-state index contributed by atoms with van der Waals surface area (Å²) in [5, 5.41) is 0.197. The number of anilines is 2. The summed E-state index contributed by atoms with van der Waals surface area (Å²) in [6, 6.07) is 18.9. The normalized spacial score (nSPS) is 20.8. The van der Waals surface area contributed by atoms with Crippen molar-refractivity contribution in [3.63, 3.8) is 0 Å². The third-order valence-electron chi connectivity index (χ3n) is 6.28. The van der Waals surface area contributed by atoms with Crippen LogP contribution in [0, 0.1) is 6.92 Å². The highest BCUT2D eigenvalue weighted by molar-refractivity contribution is 7.94. The van der Waals surface area contributed by atoms with Crippen LogP contribution in [-0.4, -0.2) is 33.1 Å². The van der Waals surface area contributed by atoms with E-state index in [1.807, 2.05) is 31.2 Å². The van der Waals surface area contributed by atoms with Gasteiger partial charge in [0.1, 0.15) is 11.5 Å². The molecule has 2 heterocycles. The van der Waals surface area contributed by atoms with Gasteiger partial charge in [-0.05, 0) is 36.8 Å². The number of halogens is 1. The maximum atomic E-state index is 14.1. The molecule has 1 atom stereocenters. The first-order chi connectivity index (χ1) is 16.2. The Labute approximate surface area is 202 Å². The zero-order valence-corrected chi connectivity index (χ0v) is 20.1. The van der Waals surface area contributed by atoms with Gasteiger partial charge in [0.25, 0.3) is 10.8 Å². The van der Waals surface area contributed by atoms with E-state index < -0.39 is 32.3 Å². The molecule has 1 spiro atoms. The van der Waals surface area contributed by atoms with Gasteiger partial charge in [-0.2, -0.15) is 0 Å². The van der Waals surface area contributed by atoms with Crippen LogP contribution in [0.4, 0.5) is 11.4 Å². The number of fused-ring (bicyclic) bond motifs is 2. The Kier molecular flexibility index (Phi) is 5.18. The average molecular weight is 497 g/mol. The molecular formula is C25H21ClN2O5S. The maximum Gasteiger partial charge on any atom is 0.274 e. The zero-order chi connectivity index (χ0) is 24.3. The lowest BCUT2D eigenvalue weighted by Gasteiger charge is -2.32. The van der Waals surface area contributed by atoms with Gasteiger partial charge in [0.05, 0.1) is 24.4 Å². The fourth-order valence-electron chi connectivity index (χ4n) is 4.72. The van der Waals surface area contributed by atoms with Gasteiger partial charge in [-0.25, -0.2) is 8.42 Å². The third-order valence-corrected chi connectivity index (χ3v) is 8.68. The van der Waals surface area contributed by atoms with Gasteiger partial charge in [0, 0.05) is 11.3 Å². The summed E-state index contributed by atoms with van der Waals surface area (Å²) in [5.41, 5.74) is 2.82. The van der Waals surface area contributed by atoms with Gasteiger partial charge in [0.15, 0.2) is 9.84 Å². The van der Waals surface area contributed by atoms with Crippen LogP contribution in [-0.2, 0) is 30.8 Å². The van der Waals surface area contributed by atoms with E-state index in [2.05, 4.69) is 0 Å². The maximum absolute atomic E-state index is 14.1. The topological polar surface area (TPSA) is 84.0 Å². The third kappa shape index (κ3) is 3.05. The molecule has 0 saturated carbocycles. The van der Waals surface area contributed by atoms with Crippen molar-refractivity contribution in [3.8, 4) is 5.75 Å².